The summed E-state index contributed by atoms with van der Waals surface area (Å²) in [6.07, 6.45) is 0.457. The molecule has 5 nitrogen and oxygen atoms in total. The summed E-state index contributed by atoms with van der Waals surface area (Å²) < 4.78 is 0. The molecule has 0 unspecified atom stereocenters. The molecule has 1 rings (SSSR count). The van der Waals surface area contributed by atoms with Crippen LogP contribution in [0.15, 0.2) is 6.07 Å². The van der Waals surface area contributed by atoms with E-state index in [0.29, 0.717) is 12.1 Å². The van der Waals surface area contributed by atoms with E-state index in [1.807, 2.05) is 0 Å². The van der Waals surface area contributed by atoms with Crippen molar-refractivity contribution in [3.8, 4) is 0 Å². The van der Waals surface area contributed by atoms with Gasteiger partial charge in [-0.25, -0.2) is 9.97 Å². The molecule has 5 heteroatoms. The molecule has 0 fully saturated rings. The lowest BCUT2D eigenvalue weighted by Crippen LogP contribution is -2.03. The number of aryl methyl sites for hydroxylation is 2. The molecule has 0 amide bonds. The van der Waals surface area contributed by atoms with Gasteiger partial charge in [0.15, 0.2) is 0 Å². The van der Waals surface area contributed by atoms with Crippen molar-refractivity contribution in [2.75, 3.05) is 5.73 Å². The molecule has 0 saturated heterocycles. The van der Waals surface area contributed by atoms with Crippen molar-refractivity contribution in [3.05, 3.63) is 17.5 Å². The van der Waals surface area contributed by atoms with E-state index in [-0.39, 0.29) is 12.4 Å². The summed E-state index contributed by atoms with van der Waals surface area (Å²) in [7, 11) is 0. The third kappa shape index (κ3) is 3.06. The van der Waals surface area contributed by atoms with Crippen LogP contribution in [0.25, 0.3) is 0 Å². The Morgan fingerprint density at radius 1 is 1.62 bits per heavy atom. The van der Waals surface area contributed by atoms with E-state index < -0.39 is 5.97 Å². The minimum Gasteiger partial charge on any atom is -0.481 e. The molecule has 70 valence electrons. The summed E-state index contributed by atoms with van der Waals surface area (Å²) >= 11 is 0. The van der Waals surface area contributed by atoms with Crippen molar-refractivity contribution >= 4 is 11.9 Å². The van der Waals surface area contributed by atoms with E-state index in [9.17, 15) is 4.79 Å². The van der Waals surface area contributed by atoms with Gasteiger partial charge in [-0.05, 0) is 13.0 Å². The van der Waals surface area contributed by atoms with Crippen LogP contribution in [0.4, 0.5) is 5.95 Å². The zero-order chi connectivity index (χ0) is 9.84. The van der Waals surface area contributed by atoms with Crippen LogP contribution in [-0.4, -0.2) is 21.0 Å². The van der Waals surface area contributed by atoms with Gasteiger partial charge in [-0.2, -0.15) is 0 Å². The van der Waals surface area contributed by atoms with E-state index in [4.69, 9.17) is 10.8 Å². The quantitative estimate of drug-likeness (QED) is 0.703. The highest BCUT2D eigenvalue weighted by Crippen LogP contribution is 2.04. The van der Waals surface area contributed by atoms with Crippen LogP contribution in [0, 0.1) is 6.92 Å². The van der Waals surface area contributed by atoms with Crippen LogP contribution in [0.2, 0.25) is 0 Å². The number of nitrogens with zero attached hydrogens (tertiary/aromatic N) is 2. The zero-order valence-corrected chi connectivity index (χ0v) is 7.32. The third-order valence-electron chi connectivity index (χ3n) is 1.52. The predicted molar refractivity (Wildman–Crippen MR) is 47.1 cm³/mol. The Hall–Kier alpha value is -1.65. The topological polar surface area (TPSA) is 89.1 Å². The van der Waals surface area contributed by atoms with Crippen molar-refractivity contribution in [3.63, 3.8) is 0 Å². The van der Waals surface area contributed by atoms with Crippen LogP contribution >= 0.6 is 0 Å². The first kappa shape index (κ1) is 9.44. The maximum absolute atomic E-state index is 10.3. The number of carboxylic acid groups (broad SMARTS) is 1. The molecule has 0 atom stereocenters. The van der Waals surface area contributed by atoms with Crippen LogP contribution in [0.3, 0.4) is 0 Å². The average molecular weight is 181 g/mol. The Labute approximate surface area is 75.6 Å². The van der Waals surface area contributed by atoms with E-state index in [1.165, 1.54) is 0 Å². The Morgan fingerprint density at radius 2 is 2.31 bits per heavy atom. The van der Waals surface area contributed by atoms with Gasteiger partial charge in [0.1, 0.15) is 0 Å². The van der Waals surface area contributed by atoms with Gasteiger partial charge in [0.25, 0.3) is 0 Å². The van der Waals surface area contributed by atoms with Gasteiger partial charge >= 0.3 is 5.97 Å². The standard InChI is InChI=1S/C8H11N3O2/c1-5-4-6(2-3-7(12)13)11-8(9)10-5/h4H,2-3H2,1H3,(H,12,13)(H2,9,10,11). The second-order valence-electron chi connectivity index (χ2n) is 2.75. The van der Waals surface area contributed by atoms with Crippen molar-refractivity contribution in [1.82, 2.24) is 9.97 Å². The van der Waals surface area contributed by atoms with E-state index >= 15 is 0 Å². The highest BCUT2D eigenvalue weighted by molar-refractivity contribution is 5.66. The molecule has 13 heavy (non-hydrogen) atoms. The fourth-order valence-electron chi connectivity index (χ4n) is 1.02. The lowest BCUT2D eigenvalue weighted by molar-refractivity contribution is -0.136. The zero-order valence-electron chi connectivity index (χ0n) is 7.32. The molecule has 3 N–H and O–H groups in total. The monoisotopic (exact) mass is 181 g/mol. The third-order valence-corrected chi connectivity index (χ3v) is 1.52. The van der Waals surface area contributed by atoms with Crippen LogP contribution in [0.1, 0.15) is 17.8 Å². The normalized spacial score (nSPS) is 9.92. The molecule has 0 bridgehead atoms. The lowest BCUT2D eigenvalue weighted by Gasteiger charge is -2.00. The second kappa shape index (κ2) is 3.84. The minimum absolute atomic E-state index is 0.0654. The van der Waals surface area contributed by atoms with Gasteiger partial charge in [-0.3, -0.25) is 4.79 Å². The van der Waals surface area contributed by atoms with Crippen molar-refractivity contribution in [2.45, 2.75) is 19.8 Å². The summed E-state index contributed by atoms with van der Waals surface area (Å²) in [6, 6.07) is 1.74. The molecule has 0 radical (unpaired) electrons. The first-order valence-electron chi connectivity index (χ1n) is 3.90. The molecular formula is C8H11N3O2. The number of anilines is 1. The molecule has 0 aliphatic heterocycles. The SMILES string of the molecule is Cc1cc(CCC(=O)O)nc(N)n1. The molecule has 0 spiro atoms. The van der Waals surface area contributed by atoms with Crippen LogP contribution < -0.4 is 5.73 Å². The fraction of sp³-hybridized carbons (Fsp3) is 0.375. The second-order valence-corrected chi connectivity index (χ2v) is 2.75. The average Bonchev–Trinajstić information content (AvgIpc) is 1.99. The Morgan fingerprint density at radius 3 is 2.85 bits per heavy atom. The molecule has 0 saturated carbocycles. The van der Waals surface area contributed by atoms with Crippen molar-refractivity contribution in [2.24, 2.45) is 0 Å². The number of aromatic nitrogens is 2. The van der Waals surface area contributed by atoms with E-state index in [1.54, 1.807) is 13.0 Å². The van der Waals surface area contributed by atoms with Crippen LogP contribution in [0.5, 0.6) is 0 Å². The number of aliphatic carboxylic acids is 1. The van der Waals surface area contributed by atoms with E-state index in [2.05, 4.69) is 9.97 Å². The molecular weight excluding hydrogens is 170 g/mol. The van der Waals surface area contributed by atoms with Gasteiger partial charge in [-0.15, -0.1) is 0 Å². The first-order chi connectivity index (χ1) is 6.08. The number of rotatable bonds is 3. The Bertz CT molecular complexity index is 305. The molecule has 0 aliphatic carbocycles. The summed E-state index contributed by atoms with van der Waals surface area (Å²) in [4.78, 5) is 18.1. The maximum Gasteiger partial charge on any atom is 0.303 e. The van der Waals surface area contributed by atoms with Crippen molar-refractivity contribution in [1.29, 1.82) is 0 Å². The van der Waals surface area contributed by atoms with E-state index in [0.717, 1.165) is 5.69 Å². The van der Waals surface area contributed by atoms with Gasteiger partial charge in [0.2, 0.25) is 5.95 Å². The number of nitrogens with two attached hydrogens (primary N) is 1. The van der Waals surface area contributed by atoms with Gasteiger partial charge in [0.05, 0.1) is 6.42 Å². The summed E-state index contributed by atoms with van der Waals surface area (Å²) in [5.41, 5.74) is 6.83. The molecule has 0 aromatic carbocycles. The number of nitrogen functional groups attached to an aromatic ring is 1. The number of carboxylic acids is 1. The molecule has 0 aliphatic rings. The highest BCUT2D eigenvalue weighted by atomic mass is 16.4. The minimum atomic E-state index is -0.838. The molecule has 1 heterocycles. The predicted octanol–water partition coefficient (Wildman–Crippen LogP) is 0.384. The lowest BCUT2D eigenvalue weighted by atomic mass is 10.2. The summed E-state index contributed by atoms with van der Waals surface area (Å²) in [5.74, 6) is -0.643. The van der Waals surface area contributed by atoms with Crippen molar-refractivity contribution < 1.29 is 9.90 Å². The number of hydrogen-bond acceptors (Lipinski definition) is 4. The maximum atomic E-state index is 10.3. The fourth-order valence-corrected chi connectivity index (χ4v) is 1.02. The smallest absolute Gasteiger partial charge is 0.303 e. The Kier molecular flexibility index (Phi) is 2.79. The van der Waals surface area contributed by atoms with Gasteiger partial charge in [0, 0.05) is 17.8 Å². The summed E-state index contributed by atoms with van der Waals surface area (Å²) in [6.45, 7) is 1.79. The van der Waals surface area contributed by atoms with Gasteiger partial charge in [-0.1, -0.05) is 0 Å². The van der Waals surface area contributed by atoms with Crippen LogP contribution in [-0.2, 0) is 11.2 Å². The Balaban J connectivity index is 2.71. The number of hydrogen-bond donors (Lipinski definition) is 2. The first-order valence-corrected chi connectivity index (χ1v) is 3.90. The molecule has 1 aromatic rings. The number of carbonyl (C=O) groups is 1. The molecule has 1 aromatic heterocycles. The summed E-state index contributed by atoms with van der Waals surface area (Å²) in [5, 5.41) is 8.44. The van der Waals surface area contributed by atoms with Gasteiger partial charge < -0.3 is 10.8 Å². The largest absolute Gasteiger partial charge is 0.481 e. The highest BCUT2D eigenvalue weighted by Gasteiger charge is 2.02.